The van der Waals surface area contributed by atoms with Gasteiger partial charge in [-0.2, -0.15) is 0 Å². The summed E-state index contributed by atoms with van der Waals surface area (Å²) in [5, 5.41) is 3.01. The van der Waals surface area contributed by atoms with Gasteiger partial charge in [-0.3, -0.25) is 4.79 Å². The molecular weight excluding hydrogens is 351 g/mol. The highest BCUT2D eigenvalue weighted by Crippen LogP contribution is 2.17. The normalized spacial score (nSPS) is 18.0. The van der Waals surface area contributed by atoms with Crippen molar-refractivity contribution in [2.75, 3.05) is 18.9 Å². The molecule has 1 unspecified atom stereocenters. The van der Waals surface area contributed by atoms with E-state index in [0.29, 0.717) is 12.6 Å². The first kappa shape index (κ1) is 14.8. The van der Waals surface area contributed by atoms with Gasteiger partial charge in [0.1, 0.15) is 0 Å². The van der Waals surface area contributed by atoms with Crippen LogP contribution in [0.2, 0.25) is 0 Å². The molecule has 1 aliphatic carbocycles. The number of carbonyl (C=O) groups excluding carboxylic acids is 1. The van der Waals surface area contributed by atoms with E-state index < -0.39 is 0 Å². The highest BCUT2D eigenvalue weighted by atomic mass is 127. The molecule has 4 heteroatoms. The van der Waals surface area contributed by atoms with Crippen molar-refractivity contribution in [2.45, 2.75) is 38.1 Å². The number of quaternary nitrogens is 1. The fourth-order valence-electron chi connectivity index (χ4n) is 2.75. The number of carbonyl (C=O) groups is 1. The molecule has 0 aliphatic heterocycles. The molecule has 1 saturated carbocycles. The van der Waals surface area contributed by atoms with Gasteiger partial charge in [0.05, 0.1) is 18.8 Å². The molecule has 1 aromatic rings. The highest BCUT2D eigenvalue weighted by Gasteiger charge is 2.23. The third-order valence-electron chi connectivity index (χ3n) is 3.89. The Morgan fingerprint density at radius 1 is 1.32 bits per heavy atom. The van der Waals surface area contributed by atoms with Crippen molar-refractivity contribution in [3.63, 3.8) is 0 Å². The first-order valence-electron chi connectivity index (χ1n) is 7.03. The summed E-state index contributed by atoms with van der Waals surface area (Å²) >= 11 is 2.25. The van der Waals surface area contributed by atoms with E-state index in [1.165, 1.54) is 37.0 Å². The van der Waals surface area contributed by atoms with E-state index in [4.69, 9.17) is 0 Å². The molecule has 3 nitrogen and oxygen atoms in total. The molecule has 0 bridgehead atoms. The van der Waals surface area contributed by atoms with Gasteiger partial charge >= 0.3 is 0 Å². The lowest BCUT2D eigenvalue weighted by atomic mass is 9.94. The summed E-state index contributed by atoms with van der Waals surface area (Å²) in [6.07, 6.45) is 6.53. The number of nitrogens with one attached hydrogen (secondary N) is 2. The van der Waals surface area contributed by atoms with Crippen molar-refractivity contribution >= 4 is 34.2 Å². The van der Waals surface area contributed by atoms with Crippen LogP contribution in [0.15, 0.2) is 24.3 Å². The minimum absolute atomic E-state index is 0.118. The van der Waals surface area contributed by atoms with Gasteiger partial charge in [0.25, 0.3) is 5.91 Å². The van der Waals surface area contributed by atoms with Crippen LogP contribution in [0.1, 0.15) is 32.1 Å². The summed E-state index contributed by atoms with van der Waals surface area (Å²) in [4.78, 5) is 13.4. The van der Waals surface area contributed by atoms with Gasteiger partial charge in [0, 0.05) is 3.57 Å². The second-order valence-corrected chi connectivity index (χ2v) is 6.55. The standard InChI is InChI=1S/C15H21IN2O/c1-18(12-7-3-2-4-8-12)11-15(19)17-14-10-6-5-9-13(14)16/h5-6,9-10,12H,2-4,7-8,11H2,1H3,(H,17,19)/p+1. The van der Waals surface area contributed by atoms with Crippen LogP contribution in [0.4, 0.5) is 5.69 Å². The predicted molar refractivity (Wildman–Crippen MR) is 86.4 cm³/mol. The van der Waals surface area contributed by atoms with Gasteiger partial charge in [0.2, 0.25) is 0 Å². The Kier molecular flexibility index (Phi) is 5.63. The maximum Gasteiger partial charge on any atom is 0.279 e. The lowest BCUT2D eigenvalue weighted by Crippen LogP contribution is -3.14. The van der Waals surface area contributed by atoms with E-state index in [0.717, 1.165) is 9.26 Å². The monoisotopic (exact) mass is 373 g/mol. The quantitative estimate of drug-likeness (QED) is 0.779. The van der Waals surface area contributed by atoms with Crippen LogP contribution < -0.4 is 10.2 Å². The van der Waals surface area contributed by atoms with Gasteiger partial charge in [-0.15, -0.1) is 0 Å². The summed E-state index contributed by atoms with van der Waals surface area (Å²) in [7, 11) is 2.14. The smallest absolute Gasteiger partial charge is 0.279 e. The summed E-state index contributed by atoms with van der Waals surface area (Å²) in [5.41, 5.74) is 0.921. The zero-order valence-electron chi connectivity index (χ0n) is 11.4. The van der Waals surface area contributed by atoms with Gasteiger partial charge < -0.3 is 10.2 Å². The van der Waals surface area contributed by atoms with Gasteiger partial charge in [-0.25, -0.2) is 0 Å². The number of anilines is 1. The molecule has 1 aromatic carbocycles. The van der Waals surface area contributed by atoms with Crippen molar-refractivity contribution in [2.24, 2.45) is 0 Å². The average molecular weight is 373 g/mol. The summed E-state index contributed by atoms with van der Waals surface area (Å²) < 4.78 is 1.09. The number of benzene rings is 1. The maximum absolute atomic E-state index is 12.1. The van der Waals surface area contributed by atoms with Crippen molar-refractivity contribution < 1.29 is 9.69 Å². The Balaban J connectivity index is 1.85. The molecule has 0 saturated heterocycles. The molecule has 19 heavy (non-hydrogen) atoms. The lowest BCUT2D eigenvalue weighted by molar-refractivity contribution is -0.899. The van der Waals surface area contributed by atoms with Crippen LogP contribution >= 0.6 is 22.6 Å². The maximum atomic E-state index is 12.1. The van der Waals surface area contributed by atoms with Crippen LogP contribution in [0.5, 0.6) is 0 Å². The summed E-state index contributed by atoms with van der Waals surface area (Å²) in [6.45, 7) is 0.565. The van der Waals surface area contributed by atoms with Crippen LogP contribution in [0, 0.1) is 3.57 Å². The van der Waals surface area contributed by atoms with E-state index in [2.05, 4.69) is 35.0 Å². The molecular formula is C15H22IN2O+. The predicted octanol–water partition coefficient (Wildman–Crippen LogP) is 2.08. The summed E-state index contributed by atoms with van der Waals surface area (Å²) in [5.74, 6) is 0.118. The zero-order chi connectivity index (χ0) is 13.7. The molecule has 1 fully saturated rings. The molecule has 0 spiro atoms. The topological polar surface area (TPSA) is 33.5 Å². The second-order valence-electron chi connectivity index (χ2n) is 5.39. The van der Waals surface area contributed by atoms with Gasteiger partial charge in [-0.1, -0.05) is 18.6 Å². The number of likely N-dealkylation sites (N-methyl/N-ethyl adjacent to an activating group) is 1. The first-order chi connectivity index (χ1) is 9.16. The fraction of sp³-hybridized carbons (Fsp3) is 0.533. The number of amides is 1. The Hall–Kier alpha value is -0.620. The molecule has 1 aliphatic rings. The summed E-state index contributed by atoms with van der Waals surface area (Å²) in [6, 6.07) is 8.56. The van der Waals surface area contributed by atoms with E-state index >= 15 is 0 Å². The van der Waals surface area contributed by atoms with Crippen LogP contribution in [0.25, 0.3) is 0 Å². The van der Waals surface area contributed by atoms with E-state index in [-0.39, 0.29) is 5.91 Å². The van der Waals surface area contributed by atoms with Crippen molar-refractivity contribution in [3.8, 4) is 0 Å². The number of rotatable bonds is 4. The number of halogens is 1. The minimum atomic E-state index is 0.118. The van der Waals surface area contributed by atoms with E-state index in [1.54, 1.807) is 0 Å². The Bertz CT molecular complexity index is 430. The lowest BCUT2D eigenvalue weighted by Gasteiger charge is -2.27. The van der Waals surface area contributed by atoms with Crippen LogP contribution in [-0.4, -0.2) is 25.5 Å². The Labute approximate surface area is 128 Å². The van der Waals surface area contributed by atoms with Crippen LogP contribution in [-0.2, 0) is 4.79 Å². The number of hydrogen-bond donors (Lipinski definition) is 2. The van der Waals surface area contributed by atoms with Crippen molar-refractivity contribution in [1.29, 1.82) is 0 Å². The highest BCUT2D eigenvalue weighted by molar-refractivity contribution is 14.1. The molecule has 1 amide bonds. The third kappa shape index (κ3) is 4.45. The second kappa shape index (κ2) is 7.24. The number of para-hydroxylation sites is 1. The molecule has 0 aromatic heterocycles. The molecule has 0 heterocycles. The Morgan fingerprint density at radius 2 is 2.00 bits per heavy atom. The number of hydrogen-bond acceptors (Lipinski definition) is 1. The van der Waals surface area contributed by atoms with Gasteiger partial charge in [-0.05, 0) is 60.4 Å². The SMILES string of the molecule is C[NH+](CC(=O)Nc1ccccc1I)C1CCCCC1. The Morgan fingerprint density at radius 3 is 2.68 bits per heavy atom. The zero-order valence-corrected chi connectivity index (χ0v) is 13.6. The molecule has 2 N–H and O–H groups in total. The third-order valence-corrected chi connectivity index (χ3v) is 4.83. The average Bonchev–Trinajstić information content (AvgIpc) is 2.42. The van der Waals surface area contributed by atoms with E-state index in [1.807, 2.05) is 24.3 Å². The minimum Gasteiger partial charge on any atom is -0.327 e. The largest absolute Gasteiger partial charge is 0.327 e. The molecule has 2 rings (SSSR count). The first-order valence-corrected chi connectivity index (χ1v) is 8.11. The van der Waals surface area contributed by atoms with Gasteiger partial charge in [0.15, 0.2) is 6.54 Å². The molecule has 0 radical (unpaired) electrons. The van der Waals surface area contributed by atoms with Crippen molar-refractivity contribution in [3.05, 3.63) is 27.8 Å². The fourth-order valence-corrected chi connectivity index (χ4v) is 3.27. The van der Waals surface area contributed by atoms with Crippen molar-refractivity contribution in [1.82, 2.24) is 0 Å². The van der Waals surface area contributed by atoms with E-state index in [9.17, 15) is 4.79 Å². The van der Waals surface area contributed by atoms with Crippen LogP contribution in [0.3, 0.4) is 0 Å². The molecule has 104 valence electrons. The molecule has 1 atom stereocenters.